The van der Waals surface area contributed by atoms with Gasteiger partial charge in [-0.05, 0) is 87.4 Å². The second-order valence-electron chi connectivity index (χ2n) is 7.70. The molecule has 0 bridgehead atoms. The van der Waals surface area contributed by atoms with Crippen molar-refractivity contribution in [2.75, 3.05) is 10.0 Å². The third kappa shape index (κ3) is 4.84. The van der Waals surface area contributed by atoms with E-state index in [4.69, 9.17) is 11.6 Å². The highest BCUT2D eigenvalue weighted by molar-refractivity contribution is 7.92. The molecule has 0 aliphatic rings. The Morgan fingerprint density at radius 1 is 0.879 bits per heavy atom. The molecule has 4 rings (SSSR count). The van der Waals surface area contributed by atoms with Gasteiger partial charge in [0.15, 0.2) is 11.6 Å². The molecule has 0 spiro atoms. The van der Waals surface area contributed by atoms with Gasteiger partial charge in [-0.25, -0.2) is 13.1 Å². The van der Waals surface area contributed by atoms with Gasteiger partial charge in [-0.2, -0.15) is 5.10 Å². The molecule has 2 aromatic heterocycles. The lowest BCUT2D eigenvalue weighted by Crippen LogP contribution is -2.13. The monoisotopic (exact) mass is 482 g/mol. The van der Waals surface area contributed by atoms with E-state index in [2.05, 4.69) is 25.3 Å². The van der Waals surface area contributed by atoms with Gasteiger partial charge in [0, 0.05) is 22.1 Å². The Balaban J connectivity index is 1.45. The van der Waals surface area contributed by atoms with Crippen LogP contribution in [0.4, 0.5) is 17.2 Å². The SMILES string of the molecule is Cc1ccc(S(=O)(=O)Nc2ccc(Nc3ccc(-n4nc(C)c(C)c4C)nn3)cc2)cc1Cl. The molecular weight excluding hydrogens is 460 g/mol. The summed E-state index contributed by atoms with van der Waals surface area (Å²) in [5.41, 5.74) is 5.08. The van der Waals surface area contributed by atoms with Crippen molar-refractivity contribution in [3.05, 3.63) is 82.1 Å². The summed E-state index contributed by atoms with van der Waals surface area (Å²) in [6.45, 7) is 7.79. The van der Waals surface area contributed by atoms with Gasteiger partial charge in [-0.15, -0.1) is 10.2 Å². The first-order chi connectivity index (χ1) is 15.6. The van der Waals surface area contributed by atoms with E-state index < -0.39 is 10.0 Å². The van der Waals surface area contributed by atoms with Crippen molar-refractivity contribution < 1.29 is 8.42 Å². The maximum Gasteiger partial charge on any atom is 0.261 e. The largest absolute Gasteiger partial charge is 0.339 e. The van der Waals surface area contributed by atoms with E-state index in [1.165, 1.54) is 12.1 Å². The van der Waals surface area contributed by atoms with Crippen LogP contribution in [0.15, 0.2) is 59.5 Å². The van der Waals surface area contributed by atoms with Gasteiger partial charge in [-0.3, -0.25) is 4.72 Å². The summed E-state index contributed by atoms with van der Waals surface area (Å²) in [7, 11) is -3.75. The van der Waals surface area contributed by atoms with Crippen molar-refractivity contribution in [2.45, 2.75) is 32.6 Å². The first-order valence-corrected chi connectivity index (χ1v) is 12.0. The molecular formula is C23H23ClN6O2S. The van der Waals surface area contributed by atoms with E-state index >= 15 is 0 Å². The quantitative estimate of drug-likeness (QED) is 0.396. The molecule has 170 valence electrons. The predicted octanol–water partition coefficient (Wildman–Crippen LogP) is 5.09. The molecule has 0 aliphatic heterocycles. The lowest BCUT2D eigenvalue weighted by atomic mass is 10.2. The van der Waals surface area contributed by atoms with Gasteiger partial charge in [0.1, 0.15) is 0 Å². The van der Waals surface area contributed by atoms with Crippen LogP contribution < -0.4 is 10.0 Å². The third-order valence-corrected chi connectivity index (χ3v) is 7.17. The Kier molecular flexibility index (Phi) is 6.09. The highest BCUT2D eigenvalue weighted by atomic mass is 35.5. The number of halogens is 1. The molecule has 4 aromatic rings. The molecule has 0 saturated carbocycles. The standard InChI is InChI=1S/C23H23ClN6O2S/c1-14-5-10-20(13-21(14)24)33(31,32)29-19-8-6-18(7-9-19)25-22-11-12-23(27-26-22)30-17(4)15(2)16(3)28-30/h5-13,29H,1-4H3,(H,25,26). The average Bonchev–Trinajstić information content (AvgIpc) is 3.04. The third-order valence-electron chi connectivity index (χ3n) is 5.38. The maximum absolute atomic E-state index is 12.6. The Bertz CT molecular complexity index is 1410. The maximum atomic E-state index is 12.6. The zero-order valence-electron chi connectivity index (χ0n) is 18.6. The Morgan fingerprint density at radius 2 is 1.58 bits per heavy atom. The van der Waals surface area contributed by atoms with Crippen LogP contribution >= 0.6 is 11.6 Å². The summed E-state index contributed by atoms with van der Waals surface area (Å²) in [5, 5.41) is 16.5. The molecule has 0 atom stereocenters. The number of rotatable bonds is 6. The predicted molar refractivity (Wildman–Crippen MR) is 130 cm³/mol. The summed E-state index contributed by atoms with van der Waals surface area (Å²) in [5.74, 6) is 1.19. The minimum absolute atomic E-state index is 0.105. The molecule has 8 nitrogen and oxygen atoms in total. The summed E-state index contributed by atoms with van der Waals surface area (Å²) >= 11 is 6.06. The normalized spacial score (nSPS) is 11.4. The van der Waals surface area contributed by atoms with Gasteiger partial charge in [0.2, 0.25) is 0 Å². The van der Waals surface area contributed by atoms with Gasteiger partial charge >= 0.3 is 0 Å². The topological polar surface area (TPSA) is 102 Å². The molecule has 2 aromatic carbocycles. The number of nitrogens with zero attached hydrogens (tertiary/aromatic N) is 4. The van der Waals surface area contributed by atoms with Gasteiger partial charge in [0.25, 0.3) is 10.0 Å². The summed E-state index contributed by atoms with van der Waals surface area (Å²) < 4.78 is 29.6. The minimum Gasteiger partial charge on any atom is -0.339 e. The van der Waals surface area contributed by atoms with Crippen LogP contribution in [0.1, 0.15) is 22.5 Å². The van der Waals surface area contributed by atoms with Gasteiger partial charge < -0.3 is 5.32 Å². The molecule has 2 N–H and O–H groups in total. The number of sulfonamides is 1. The average molecular weight is 483 g/mol. The smallest absolute Gasteiger partial charge is 0.261 e. The van der Waals surface area contributed by atoms with Crippen LogP contribution in [0.5, 0.6) is 0 Å². The highest BCUT2D eigenvalue weighted by Gasteiger charge is 2.15. The van der Waals surface area contributed by atoms with Crippen molar-refractivity contribution in [3.8, 4) is 5.82 Å². The number of nitrogens with one attached hydrogen (secondary N) is 2. The molecule has 0 radical (unpaired) electrons. The van der Waals surface area contributed by atoms with Gasteiger partial charge in [-0.1, -0.05) is 17.7 Å². The lowest BCUT2D eigenvalue weighted by molar-refractivity contribution is 0.601. The first kappa shape index (κ1) is 22.8. The zero-order chi connectivity index (χ0) is 23.8. The first-order valence-electron chi connectivity index (χ1n) is 10.2. The van der Waals surface area contributed by atoms with Crippen molar-refractivity contribution in [1.29, 1.82) is 0 Å². The molecule has 0 fully saturated rings. The second-order valence-corrected chi connectivity index (χ2v) is 9.79. The number of hydrogen-bond acceptors (Lipinski definition) is 6. The number of anilines is 3. The molecule has 0 amide bonds. The fraction of sp³-hybridized carbons (Fsp3) is 0.174. The minimum atomic E-state index is -3.75. The molecule has 0 saturated heterocycles. The highest BCUT2D eigenvalue weighted by Crippen LogP contribution is 2.24. The van der Waals surface area contributed by atoms with Crippen molar-refractivity contribution >= 4 is 38.8 Å². The molecule has 10 heteroatoms. The van der Waals surface area contributed by atoms with E-state index in [9.17, 15) is 8.42 Å². The fourth-order valence-corrected chi connectivity index (χ4v) is 4.50. The van der Waals surface area contributed by atoms with Crippen LogP contribution in [-0.4, -0.2) is 28.4 Å². The van der Waals surface area contributed by atoms with Crippen LogP contribution in [0.2, 0.25) is 5.02 Å². The second kappa shape index (κ2) is 8.84. The van der Waals surface area contributed by atoms with Crippen LogP contribution in [-0.2, 0) is 10.0 Å². The number of aromatic nitrogens is 4. The van der Waals surface area contributed by atoms with Crippen LogP contribution in [0, 0.1) is 27.7 Å². The zero-order valence-corrected chi connectivity index (χ0v) is 20.2. The van der Waals surface area contributed by atoms with E-state index in [1.807, 2.05) is 39.8 Å². The summed E-state index contributed by atoms with van der Waals surface area (Å²) in [4.78, 5) is 0.105. The van der Waals surface area contributed by atoms with Gasteiger partial charge in [0.05, 0.1) is 10.6 Å². The van der Waals surface area contributed by atoms with Crippen LogP contribution in [0.25, 0.3) is 5.82 Å². The number of aryl methyl sites for hydroxylation is 2. The molecule has 2 heterocycles. The van der Waals surface area contributed by atoms with E-state index in [1.54, 1.807) is 35.0 Å². The lowest BCUT2D eigenvalue weighted by Gasteiger charge is -2.11. The fourth-order valence-electron chi connectivity index (χ4n) is 3.17. The van der Waals surface area contributed by atoms with Crippen LogP contribution in [0.3, 0.4) is 0 Å². The molecule has 0 aliphatic carbocycles. The van der Waals surface area contributed by atoms with Crippen molar-refractivity contribution in [1.82, 2.24) is 20.0 Å². The van der Waals surface area contributed by atoms with Crippen molar-refractivity contribution in [2.24, 2.45) is 0 Å². The Morgan fingerprint density at radius 3 is 2.15 bits per heavy atom. The summed E-state index contributed by atoms with van der Waals surface area (Å²) in [6, 6.07) is 15.1. The van der Waals surface area contributed by atoms with E-state index in [0.717, 1.165) is 28.2 Å². The van der Waals surface area contributed by atoms with E-state index in [0.29, 0.717) is 22.3 Å². The molecule has 0 unspecified atom stereocenters. The van der Waals surface area contributed by atoms with Crippen molar-refractivity contribution in [3.63, 3.8) is 0 Å². The molecule has 33 heavy (non-hydrogen) atoms. The number of benzene rings is 2. The Labute approximate surface area is 197 Å². The summed E-state index contributed by atoms with van der Waals surface area (Å²) in [6.07, 6.45) is 0. The number of hydrogen-bond donors (Lipinski definition) is 2. The Hall–Kier alpha value is -3.43. The van der Waals surface area contributed by atoms with E-state index in [-0.39, 0.29) is 4.90 Å².